The zero-order valence-corrected chi connectivity index (χ0v) is 12.3. The molecule has 3 rings (SSSR count). The van der Waals surface area contributed by atoms with Crippen molar-refractivity contribution >= 4 is 33.3 Å². The molecule has 0 aliphatic rings. The number of carbonyl (C=O) groups is 1. The molecular weight excluding hydrogens is 284 g/mol. The Morgan fingerprint density at radius 3 is 2.81 bits per heavy atom. The van der Waals surface area contributed by atoms with Crippen LogP contribution in [0, 0.1) is 0 Å². The first-order chi connectivity index (χ1) is 10.3. The summed E-state index contributed by atoms with van der Waals surface area (Å²) in [6.45, 7) is 0.187. The van der Waals surface area contributed by atoms with Gasteiger partial charge in [-0.1, -0.05) is 30.3 Å². The fraction of sp³-hybridized carbons (Fsp3) is 0.133. The SMILES string of the molecule is CNC(=O)CNc1ncnc2scc(-c3ccccc3)c12. The number of likely N-dealkylation sites (N-methyl/N-ethyl adjacent to an activating group) is 1. The van der Waals surface area contributed by atoms with Crippen LogP contribution in [0.3, 0.4) is 0 Å². The molecule has 0 spiro atoms. The largest absolute Gasteiger partial charge is 0.360 e. The molecule has 0 fully saturated rings. The zero-order valence-electron chi connectivity index (χ0n) is 11.5. The smallest absolute Gasteiger partial charge is 0.239 e. The highest BCUT2D eigenvalue weighted by molar-refractivity contribution is 7.17. The second-order valence-corrected chi connectivity index (χ2v) is 5.30. The van der Waals surface area contributed by atoms with Crippen LogP contribution in [-0.4, -0.2) is 29.5 Å². The van der Waals surface area contributed by atoms with Crippen LogP contribution in [0.5, 0.6) is 0 Å². The second-order valence-electron chi connectivity index (χ2n) is 4.44. The van der Waals surface area contributed by atoms with Crippen molar-refractivity contribution in [2.24, 2.45) is 0 Å². The number of anilines is 1. The Bertz CT molecular complexity index is 770. The topological polar surface area (TPSA) is 66.9 Å². The minimum atomic E-state index is -0.0850. The van der Waals surface area contributed by atoms with Gasteiger partial charge in [-0.05, 0) is 5.56 Å². The van der Waals surface area contributed by atoms with Gasteiger partial charge in [0.15, 0.2) is 0 Å². The molecule has 0 saturated heterocycles. The molecule has 1 amide bonds. The predicted octanol–water partition coefficient (Wildman–Crippen LogP) is 2.52. The Labute approximate surface area is 126 Å². The number of nitrogens with zero attached hydrogens (tertiary/aromatic N) is 2. The summed E-state index contributed by atoms with van der Waals surface area (Å²) in [5, 5.41) is 8.68. The molecule has 0 aliphatic heterocycles. The van der Waals surface area contributed by atoms with E-state index in [1.54, 1.807) is 18.4 Å². The molecule has 5 nitrogen and oxygen atoms in total. The number of thiophene rings is 1. The molecule has 1 aromatic carbocycles. The van der Waals surface area contributed by atoms with Gasteiger partial charge in [0.05, 0.1) is 11.9 Å². The van der Waals surface area contributed by atoms with Crippen molar-refractivity contribution < 1.29 is 4.79 Å². The van der Waals surface area contributed by atoms with Gasteiger partial charge in [-0.3, -0.25) is 4.79 Å². The molecule has 0 aliphatic carbocycles. The Balaban J connectivity index is 2.05. The quantitative estimate of drug-likeness (QED) is 0.776. The maximum Gasteiger partial charge on any atom is 0.239 e. The van der Waals surface area contributed by atoms with Gasteiger partial charge in [0.25, 0.3) is 0 Å². The van der Waals surface area contributed by atoms with Gasteiger partial charge in [-0.15, -0.1) is 11.3 Å². The Hall–Kier alpha value is -2.47. The number of rotatable bonds is 4. The van der Waals surface area contributed by atoms with E-state index in [2.05, 4.69) is 38.1 Å². The fourth-order valence-electron chi connectivity index (χ4n) is 2.09. The third-order valence-electron chi connectivity index (χ3n) is 3.15. The highest BCUT2D eigenvalue weighted by Gasteiger charge is 2.13. The molecule has 0 saturated carbocycles. The molecule has 0 unspecified atom stereocenters. The van der Waals surface area contributed by atoms with Crippen molar-refractivity contribution in [1.29, 1.82) is 0 Å². The molecule has 106 valence electrons. The number of hydrogen-bond donors (Lipinski definition) is 2. The van der Waals surface area contributed by atoms with Gasteiger partial charge in [-0.25, -0.2) is 9.97 Å². The molecule has 0 atom stereocenters. The molecule has 2 heterocycles. The summed E-state index contributed by atoms with van der Waals surface area (Å²) >= 11 is 1.57. The number of carbonyl (C=O) groups excluding carboxylic acids is 1. The Morgan fingerprint density at radius 2 is 2.05 bits per heavy atom. The maximum atomic E-state index is 11.4. The van der Waals surface area contributed by atoms with Gasteiger partial charge in [0, 0.05) is 18.0 Å². The van der Waals surface area contributed by atoms with Gasteiger partial charge in [0.1, 0.15) is 17.0 Å². The van der Waals surface area contributed by atoms with Crippen molar-refractivity contribution in [2.45, 2.75) is 0 Å². The number of amides is 1. The van der Waals surface area contributed by atoms with E-state index in [9.17, 15) is 4.79 Å². The Kier molecular flexibility index (Phi) is 3.79. The van der Waals surface area contributed by atoms with Crippen LogP contribution in [0.2, 0.25) is 0 Å². The summed E-state index contributed by atoms with van der Waals surface area (Å²) in [7, 11) is 1.61. The highest BCUT2D eigenvalue weighted by atomic mass is 32.1. The van der Waals surface area contributed by atoms with Crippen LogP contribution in [-0.2, 0) is 4.79 Å². The average Bonchev–Trinajstić information content (AvgIpc) is 2.98. The lowest BCUT2D eigenvalue weighted by Crippen LogP contribution is -2.26. The van der Waals surface area contributed by atoms with E-state index in [1.165, 1.54) is 6.33 Å². The number of fused-ring (bicyclic) bond motifs is 1. The zero-order chi connectivity index (χ0) is 14.7. The lowest BCUT2D eigenvalue weighted by Gasteiger charge is -2.07. The molecule has 6 heteroatoms. The van der Waals surface area contributed by atoms with E-state index in [4.69, 9.17) is 0 Å². The van der Waals surface area contributed by atoms with E-state index in [0.29, 0.717) is 5.82 Å². The second kappa shape index (κ2) is 5.88. The van der Waals surface area contributed by atoms with Crippen LogP contribution in [0.15, 0.2) is 42.0 Å². The predicted molar refractivity (Wildman–Crippen MR) is 85.4 cm³/mol. The number of nitrogens with one attached hydrogen (secondary N) is 2. The van der Waals surface area contributed by atoms with E-state index in [-0.39, 0.29) is 12.5 Å². The summed E-state index contributed by atoms with van der Waals surface area (Å²) in [6.07, 6.45) is 1.51. The first-order valence-electron chi connectivity index (χ1n) is 6.51. The van der Waals surface area contributed by atoms with Crippen molar-refractivity contribution in [3.05, 3.63) is 42.0 Å². The monoisotopic (exact) mass is 298 g/mol. The minimum absolute atomic E-state index is 0.0850. The summed E-state index contributed by atoms with van der Waals surface area (Å²) in [4.78, 5) is 20.9. The normalized spacial score (nSPS) is 10.5. The molecule has 2 aromatic heterocycles. The van der Waals surface area contributed by atoms with E-state index >= 15 is 0 Å². The van der Waals surface area contributed by atoms with Crippen molar-refractivity contribution in [1.82, 2.24) is 15.3 Å². The number of benzene rings is 1. The van der Waals surface area contributed by atoms with Gasteiger partial charge >= 0.3 is 0 Å². The van der Waals surface area contributed by atoms with E-state index in [0.717, 1.165) is 21.3 Å². The summed E-state index contributed by atoms with van der Waals surface area (Å²) in [5.41, 5.74) is 2.19. The Morgan fingerprint density at radius 1 is 1.24 bits per heavy atom. The van der Waals surface area contributed by atoms with Crippen LogP contribution < -0.4 is 10.6 Å². The summed E-state index contributed by atoms with van der Waals surface area (Å²) < 4.78 is 0. The van der Waals surface area contributed by atoms with Gasteiger partial charge in [-0.2, -0.15) is 0 Å². The van der Waals surface area contributed by atoms with E-state index < -0.39 is 0 Å². The summed E-state index contributed by atoms with van der Waals surface area (Å²) in [5.74, 6) is 0.599. The van der Waals surface area contributed by atoms with E-state index in [1.807, 2.05) is 18.2 Å². The standard InChI is InChI=1S/C15H14N4OS/c1-16-12(20)7-17-14-13-11(10-5-3-2-4-6-10)8-21-15(13)19-9-18-14/h2-6,8-9H,7H2,1H3,(H,16,20)(H,17,18,19). The first-order valence-corrected chi connectivity index (χ1v) is 7.39. The van der Waals surface area contributed by atoms with Crippen molar-refractivity contribution in [3.63, 3.8) is 0 Å². The fourth-order valence-corrected chi connectivity index (χ4v) is 3.01. The number of aromatic nitrogens is 2. The van der Waals surface area contributed by atoms with Gasteiger partial charge < -0.3 is 10.6 Å². The van der Waals surface area contributed by atoms with Crippen LogP contribution in [0.1, 0.15) is 0 Å². The molecule has 2 N–H and O–H groups in total. The lowest BCUT2D eigenvalue weighted by molar-refractivity contribution is -0.118. The lowest BCUT2D eigenvalue weighted by atomic mass is 10.1. The number of hydrogen-bond acceptors (Lipinski definition) is 5. The molecule has 0 radical (unpaired) electrons. The van der Waals surface area contributed by atoms with Crippen molar-refractivity contribution in [2.75, 3.05) is 18.9 Å². The minimum Gasteiger partial charge on any atom is -0.360 e. The molecule has 3 aromatic rings. The van der Waals surface area contributed by atoms with Crippen LogP contribution in [0.4, 0.5) is 5.82 Å². The molecule has 21 heavy (non-hydrogen) atoms. The highest BCUT2D eigenvalue weighted by Crippen LogP contribution is 2.36. The van der Waals surface area contributed by atoms with Crippen molar-refractivity contribution in [3.8, 4) is 11.1 Å². The molecular formula is C15H14N4OS. The first kappa shape index (κ1) is 13.5. The third kappa shape index (κ3) is 2.71. The van der Waals surface area contributed by atoms with Crippen LogP contribution >= 0.6 is 11.3 Å². The maximum absolute atomic E-state index is 11.4. The third-order valence-corrected chi connectivity index (χ3v) is 4.04. The summed E-state index contributed by atoms with van der Waals surface area (Å²) in [6, 6.07) is 10.1. The average molecular weight is 298 g/mol. The molecule has 0 bridgehead atoms. The van der Waals surface area contributed by atoms with Gasteiger partial charge in [0.2, 0.25) is 5.91 Å². The van der Waals surface area contributed by atoms with Crippen LogP contribution in [0.25, 0.3) is 21.3 Å².